The molecule has 4 rings (SSSR count). The Morgan fingerprint density at radius 3 is 2.29 bits per heavy atom. The number of carbonyl (C=O) groups is 2. The summed E-state index contributed by atoms with van der Waals surface area (Å²) < 4.78 is 0. The summed E-state index contributed by atoms with van der Waals surface area (Å²) in [7, 11) is 0. The number of aromatic nitrogens is 2. The molecule has 8 nitrogen and oxygen atoms in total. The molecule has 2 aliphatic rings. The van der Waals surface area contributed by atoms with Crippen molar-refractivity contribution in [1.82, 2.24) is 20.2 Å². The molecule has 0 radical (unpaired) electrons. The van der Waals surface area contributed by atoms with Crippen molar-refractivity contribution in [3.63, 3.8) is 0 Å². The zero-order valence-electron chi connectivity index (χ0n) is 20.9. The van der Waals surface area contributed by atoms with Crippen molar-refractivity contribution < 1.29 is 14.7 Å². The highest BCUT2D eigenvalue weighted by atomic mass is 32.1. The molecule has 2 saturated heterocycles. The third-order valence-electron chi connectivity index (χ3n) is 6.25. The first-order chi connectivity index (χ1) is 15.8. The number of rotatable bonds is 6. The number of nitrogens with zero attached hydrogens (tertiary/aromatic N) is 3. The summed E-state index contributed by atoms with van der Waals surface area (Å²) in [6.07, 6.45) is 5.88. The zero-order chi connectivity index (χ0) is 24.8. The monoisotopic (exact) mass is 485 g/mol. The van der Waals surface area contributed by atoms with Gasteiger partial charge in [0, 0.05) is 35.9 Å². The molecular formula is C25H35N5O3S. The van der Waals surface area contributed by atoms with Gasteiger partial charge >= 0.3 is 0 Å². The second-order valence-electron chi connectivity index (χ2n) is 11.1. The van der Waals surface area contributed by atoms with Crippen LogP contribution in [0, 0.1) is 6.92 Å². The summed E-state index contributed by atoms with van der Waals surface area (Å²) in [5, 5.41) is 16.3. The number of carbonyl (C=O) groups excluding carboxylic acids is 2. The van der Waals surface area contributed by atoms with Gasteiger partial charge in [0.15, 0.2) is 5.01 Å². The summed E-state index contributed by atoms with van der Waals surface area (Å²) in [6.45, 7) is 11.5. The molecule has 2 aromatic heterocycles. The molecule has 0 unspecified atom stereocenters. The molecule has 9 heteroatoms. The molecule has 2 bridgehead atoms. The first-order valence-corrected chi connectivity index (χ1v) is 12.7. The van der Waals surface area contributed by atoms with E-state index in [1.165, 1.54) is 11.3 Å². The molecule has 0 aliphatic carbocycles. The number of anilines is 1. The Kier molecular flexibility index (Phi) is 6.46. The summed E-state index contributed by atoms with van der Waals surface area (Å²) in [4.78, 5) is 38.3. The normalized spacial score (nSPS) is 20.0. The summed E-state index contributed by atoms with van der Waals surface area (Å²) in [5.74, 6) is 0.259. The van der Waals surface area contributed by atoms with E-state index in [2.05, 4.69) is 41.4 Å². The fraction of sp³-hybridized carbons (Fsp3) is 0.600. The summed E-state index contributed by atoms with van der Waals surface area (Å²) in [5.41, 5.74) is 0.895. The lowest BCUT2D eigenvalue weighted by Gasteiger charge is -2.22. The molecule has 0 atom stereocenters. The van der Waals surface area contributed by atoms with Crippen LogP contribution in [0.5, 0.6) is 0 Å². The second kappa shape index (κ2) is 8.92. The van der Waals surface area contributed by atoms with Gasteiger partial charge in [-0.2, -0.15) is 0 Å². The highest BCUT2D eigenvalue weighted by Crippen LogP contribution is 2.41. The molecule has 2 aliphatic heterocycles. The first kappa shape index (κ1) is 24.6. The Labute approximate surface area is 205 Å². The lowest BCUT2D eigenvalue weighted by Crippen LogP contribution is -2.38. The fourth-order valence-corrected chi connectivity index (χ4v) is 5.78. The van der Waals surface area contributed by atoms with E-state index in [0.29, 0.717) is 10.6 Å². The van der Waals surface area contributed by atoms with Gasteiger partial charge in [-0.1, -0.05) is 0 Å². The number of pyridine rings is 1. The molecule has 2 aromatic rings. The van der Waals surface area contributed by atoms with E-state index in [0.717, 1.165) is 42.6 Å². The number of hydrogen-bond donors (Lipinski definition) is 3. The van der Waals surface area contributed by atoms with Crippen LogP contribution in [0.2, 0.25) is 0 Å². The molecule has 184 valence electrons. The standard InChI is InChI=1S/C25H35N5O3S/c1-14-11-18(29-24(2,3)4)26-12-17(14)20-19(23(32)30-15-7-8-16(30)10-9-15)28-22(34-20)21(31)27-13-25(5,6)33/h11-12,15-16,33H,7-10,13H2,1-6H3,(H,26,29)(H,27,31). The van der Waals surface area contributed by atoms with E-state index >= 15 is 0 Å². The molecule has 0 spiro atoms. The van der Waals surface area contributed by atoms with Gasteiger partial charge in [0.2, 0.25) is 0 Å². The van der Waals surface area contributed by atoms with Gasteiger partial charge in [0.1, 0.15) is 11.5 Å². The largest absolute Gasteiger partial charge is 0.389 e. The predicted octanol–water partition coefficient (Wildman–Crippen LogP) is 3.99. The topological polar surface area (TPSA) is 107 Å². The van der Waals surface area contributed by atoms with Crippen molar-refractivity contribution in [3.8, 4) is 10.4 Å². The van der Waals surface area contributed by atoms with Gasteiger partial charge < -0.3 is 20.6 Å². The Hall–Kier alpha value is -2.52. The van der Waals surface area contributed by atoms with E-state index in [1.54, 1.807) is 20.0 Å². The SMILES string of the molecule is Cc1cc(NC(C)(C)C)ncc1-c1sc(C(=O)NCC(C)(C)O)nc1C(=O)N1C2CCC1CC2. The van der Waals surface area contributed by atoms with Crippen molar-refractivity contribution in [2.45, 2.75) is 90.4 Å². The third kappa shape index (κ3) is 5.25. The van der Waals surface area contributed by atoms with Gasteiger partial charge in [0.25, 0.3) is 11.8 Å². The maximum Gasteiger partial charge on any atom is 0.280 e. The maximum absolute atomic E-state index is 13.7. The Bertz CT molecular complexity index is 1080. The van der Waals surface area contributed by atoms with Crippen LogP contribution in [0.4, 0.5) is 5.82 Å². The van der Waals surface area contributed by atoms with Crippen LogP contribution in [-0.2, 0) is 0 Å². The lowest BCUT2D eigenvalue weighted by molar-refractivity contribution is 0.0692. The minimum atomic E-state index is -1.04. The van der Waals surface area contributed by atoms with Crippen LogP contribution in [0.3, 0.4) is 0 Å². The summed E-state index contributed by atoms with van der Waals surface area (Å²) in [6, 6.07) is 2.48. The molecule has 2 fully saturated rings. The zero-order valence-corrected chi connectivity index (χ0v) is 21.7. The molecule has 2 amide bonds. The van der Waals surface area contributed by atoms with Crippen molar-refractivity contribution in [1.29, 1.82) is 0 Å². The Balaban J connectivity index is 1.71. The van der Waals surface area contributed by atoms with Crippen LogP contribution >= 0.6 is 11.3 Å². The average molecular weight is 486 g/mol. The first-order valence-electron chi connectivity index (χ1n) is 11.9. The quantitative estimate of drug-likeness (QED) is 0.571. The van der Waals surface area contributed by atoms with Crippen molar-refractivity contribution >= 4 is 29.0 Å². The highest BCUT2D eigenvalue weighted by Gasteiger charge is 2.44. The van der Waals surface area contributed by atoms with Gasteiger partial charge in [-0.15, -0.1) is 11.3 Å². The van der Waals surface area contributed by atoms with E-state index in [-0.39, 0.29) is 35.1 Å². The minimum Gasteiger partial charge on any atom is -0.389 e. The number of fused-ring (bicyclic) bond motifs is 2. The number of amides is 2. The predicted molar refractivity (Wildman–Crippen MR) is 134 cm³/mol. The minimum absolute atomic E-state index is 0.0913. The highest BCUT2D eigenvalue weighted by molar-refractivity contribution is 7.17. The molecular weight excluding hydrogens is 450 g/mol. The van der Waals surface area contributed by atoms with Gasteiger partial charge in [-0.3, -0.25) is 9.59 Å². The fourth-order valence-electron chi connectivity index (χ4n) is 4.73. The number of hydrogen-bond acceptors (Lipinski definition) is 7. The van der Waals surface area contributed by atoms with Gasteiger partial charge in [-0.25, -0.2) is 9.97 Å². The molecule has 0 saturated carbocycles. The third-order valence-corrected chi connectivity index (χ3v) is 7.34. The van der Waals surface area contributed by atoms with Gasteiger partial charge in [-0.05, 0) is 78.9 Å². The maximum atomic E-state index is 13.7. The molecule has 34 heavy (non-hydrogen) atoms. The number of thiazole rings is 1. The van der Waals surface area contributed by atoms with Gasteiger partial charge in [0.05, 0.1) is 10.5 Å². The molecule has 3 N–H and O–H groups in total. The van der Waals surface area contributed by atoms with Crippen LogP contribution < -0.4 is 10.6 Å². The number of nitrogens with one attached hydrogen (secondary N) is 2. The van der Waals surface area contributed by atoms with Crippen LogP contribution in [0.1, 0.15) is 86.2 Å². The van der Waals surface area contributed by atoms with Crippen molar-refractivity contribution in [2.24, 2.45) is 0 Å². The smallest absolute Gasteiger partial charge is 0.280 e. The van der Waals surface area contributed by atoms with Crippen LogP contribution in [-0.4, -0.2) is 61.6 Å². The van der Waals surface area contributed by atoms with E-state index in [1.807, 2.05) is 17.9 Å². The van der Waals surface area contributed by atoms with E-state index in [9.17, 15) is 14.7 Å². The Morgan fingerprint density at radius 2 is 1.76 bits per heavy atom. The number of aryl methyl sites for hydroxylation is 1. The Morgan fingerprint density at radius 1 is 1.15 bits per heavy atom. The number of aliphatic hydroxyl groups is 1. The summed E-state index contributed by atoms with van der Waals surface area (Å²) >= 11 is 1.20. The second-order valence-corrected chi connectivity index (χ2v) is 12.1. The molecule has 4 heterocycles. The van der Waals surface area contributed by atoms with Crippen LogP contribution in [0.15, 0.2) is 12.3 Å². The van der Waals surface area contributed by atoms with Crippen molar-refractivity contribution in [2.75, 3.05) is 11.9 Å². The van der Waals surface area contributed by atoms with Crippen LogP contribution in [0.25, 0.3) is 10.4 Å². The average Bonchev–Trinajstić information content (AvgIpc) is 3.44. The van der Waals surface area contributed by atoms with E-state index in [4.69, 9.17) is 0 Å². The molecule has 0 aromatic carbocycles. The van der Waals surface area contributed by atoms with Crippen molar-refractivity contribution in [3.05, 3.63) is 28.5 Å². The van der Waals surface area contributed by atoms with E-state index < -0.39 is 11.5 Å². The lowest BCUT2D eigenvalue weighted by atomic mass is 10.0.